The zero-order chi connectivity index (χ0) is 55.9. The highest BCUT2D eigenvalue weighted by Crippen LogP contribution is 2.63. The Bertz CT molecular complexity index is 2230. The van der Waals surface area contributed by atoms with Crippen LogP contribution in [0.25, 0.3) is 0 Å². The molecule has 4 aromatic rings. The third-order valence-electron chi connectivity index (χ3n) is 15.0. The first-order valence-electron chi connectivity index (χ1n) is 26.3. The van der Waals surface area contributed by atoms with E-state index >= 15 is 9.13 Å². The lowest BCUT2D eigenvalue weighted by atomic mass is 9.79. The summed E-state index contributed by atoms with van der Waals surface area (Å²) in [5.41, 5.74) is 3.46. The Balaban J connectivity index is 2.52. The number of methoxy groups -OCH3 is 4. The topological polar surface area (TPSA) is 71.1 Å². The van der Waals surface area contributed by atoms with Crippen LogP contribution in [0, 0.1) is 0 Å². The lowest BCUT2D eigenvalue weighted by Gasteiger charge is -2.40. The van der Waals surface area contributed by atoms with E-state index in [1.165, 1.54) is 0 Å². The molecule has 0 heterocycles. The molecule has 4 aromatic carbocycles. The minimum absolute atomic E-state index is 0.380. The molecule has 6 nitrogen and oxygen atoms in total. The fraction of sp³-hybridized carbons (Fsp3) is 0.625. The molecule has 0 N–H and O–H groups in total. The maximum absolute atomic E-state index is 18.2. The van der Waals surface area contributed by atoms with Crippen LogP contribution in [0.4, 0.5) is 0 Å². The van der Waals surface area contributed by atoms with E-state index in [-0.39, 0.29) is 43.3 Å². The molecule has 0 aliphatic heterocycles. The Morgan fingerprint density at radius 1 is 0.278 bits per heavy atom. The second-order valence-corrected chi connectivity index (χ2v) is 35.4. The van der Waals surface area contributed by atoms with Gasteiger partial charge in [-0.15, -0.1) is 0 Å². The van der Waals surface area contributed by atoms with Gasteiger partial charge in [-0.1, -0.05) is 180 Å². The van der Waals surface area contributed by atoms with Gasteiger partial charge in [0.15, 0.2) is 0 Å². The Morgan fingerprint density at radius 3 is 0.472 bits per heavy atom. The molecule has 0 amide bonds. The molecule has 0 spiro atoms. The molecule has 2 atom stereocenters. The van der Waals surface area contributed by atoms with E-state index < -0.39 is 25.6 Å². The summed E-state index contributed by atoms with van der Waals surface area (Å²) in [6, 6.07) is 17.3. The van der Waals surface area contributed by atoms with Gasteiger partial charge >= 0.3 is 0 Å². The molecule has 0 fully saturated rings. The molecule has 0 aromatic heterocycles. The lowest BCUT2D eigenvalue weighted by molar-refractivity contribution is 0.381. The third-order valence-corrected chi connectivity index (χ3v) is 22.5. The highest BCUT2D eigenvalue weighted by atomic mass is 31.2. The van der Waals surface area contributed by atoms with Crippen molar-refractivity contribution in [1.29, 1.82) is 0 Å². The summed E-state index contributed by atoms with van der Waals surface area (Å²) in [5, 5.41) is 2.93. The van der Waals surface area contributed by atoms with Gasteiger partial charge < -0.3 is 28.1 Å². The largest absolute Gasteiger partial charge is 0.496 e. The van der Waals surface area contributed by atoms with Gasteiger partial charge in [0.2, 0.25) is 0 Å². The van der Waals surface area contributed by atoms with Crippen molar-refractivity contribution in [3.63, 3.8) is 0 Å². The SMILES string of the molecule is COc1c(C(C)(C)C)cc(P(=O)(c2cc(C(C)(C)C)c(OC)c(C(C)(C)C)c2)C(C)C(C)P(=O)(c2cc(C(C)(C)C)c(OC)c(C(C)(C)C)c2)c2cc(C(C)(C)C)c(OC)c(C(C)(C)C)c2)cc1C(C)(C)C. The van der Waals surface area contributed by atoms with Gasteiger partial charge in [0.1, 0.15) is 37.3 Å². The van der Waals surface area contributed by atoms with Crippen LogP contribution < -0.4 is 40.2 Å². The lowest BCUT2D eigenvalue weighted by Crippen LogP contribution is -2.39. The third kappa shape index (κ3) is 11.7. The smallest absolute Gasteiger partial charge is 0.146 e. The molecule has 0 aliphatic carbocycles. The van der Waals surface area contributed by atoms with Crippen molar-refractivity contribution in [1.82, 2.24) is 0 Å². The van der Waals surface area contributed by atoms with Crippen LogP contribution in [0.3, 0.4) is 0 Å². The summed E-state index contributed by atoms with van der Waals surface area (Å²) >= 11 is 0. The van der Waals surface area contributed by atoms with Crippen LogP contribution in [0.15, 0.2) is 48.5 Å². The molecule has 72 heavy (non-hydrogen) atoms. The highest BCUT2D eigenvalue weighted by Gasteiger charge is 2.49. The Labute approximate surface area is 440 Å². The number of hydrogen-bond donors (Lipinski definition) is 0. The van der Waals surface area contributed by atoms with E-state index in [0.717, 1.165) is 88.7 Å². The Hall–Kier alpha value is -3.46. The van der Waals surface area contributed by atoms with Crippen LogP contribution in [0.2, 0.25) is 0 Å². The summed E-state index contributed by atoms with van der Waals surface area (Å²) in [6.07, 6.45) is 0. The Morgan fingerprint density at radius 2 is 0.389 bits per heavy atom. The van der Waals surface area contributed by atoms with Gasteiger partial charge in [-0.2, -0.15) is 0 Å². The maximum atomic E-state index is 18.2. The molecule has 0 radical (unpaired) electrons. The zero-order valence-corrected chi connectivity index (χ0v) is 52.9. The second-order valence-electron chi connectivity index (χ2n) is 29.1. The molecule has 0 saturated heterocycles. The minimum Gasteiger partial charge on any atom is -0.496 e. The van der Waals surface area contributed by atoms with Gasteiger partial charge in [0, 0.05) is 77.0 Å². The average molecular weight is 1030 g/mol. The predicted octanol–water partition coefficient (Wildman–Crippen LogP) is 16.2. The molecule has 0 aliphatic rings. The van der Waals surface area contributed by atoms with E-state index in [4.69, 9.17) is 18.9 Å². The van der Waals surface area contributed by atoms with Crippen molar-refractivity contribution in [2.24, 2.45) is 0 Å². The standard InChI is InChI=1S/C64H100O6P2/c1-39(71(65,41-31-45(57(3,4)5)53(67-27)46(32-41)58(6,7)8)42-33-47(59(9,10)11)54(68-28)48(34-42)60(12,13)14)40(2)72(66,43-35-49(61(15,16)17)55(69-29)50(36-43)62(18,19)20)44-37-51(63(21,22)23)56(70-30)52(38-44)64(24,25)26/h31-40H,1-30H3. The van der Waals surface area contributed by atoms with Crippen molar-refractivity contribution < 1.29 is 28.1 Å². The quantitative estimate of drug-likeness (QED) is 0.139. The first kappa shape index (κ1) is 61.1. The van der Waals surface area contributed by atoms with E-state index in [9.17, 15) is 0 Å². The second kappa shape index (κ2) is 19.9. The maximum Gasteiger partial charge on any atom is 0.146 e. The van der Waals surface area contributed by atoms with Crippen LogP contribution in [-0.2, 0) is 52.5 Å². The Kier molecular flexibility index (Phi) is 16.9. The van der Waals surface area contributed by atoms with Gasteiger partial charge in [-0.05, 0) is 91.9 Å². The van der Waals surface area contributed by atoms with Crippen molar-refractivity contribution in [2.45, 2.75) is 235 Å². The first-order valence-corrected chi connectivity index (χ1v) is 29.9. The van der Waals surface area contributed by atoms with Crippen molar-refractivity contribution in [3.8, 4) is 23.0 Å². The summed E-state index contributed by atoms with van der Waals surface area (Å²) in [4.78, 5) is 0. The number of benzene rings is 4. The van der Waals surface area contributed by atoms with Crippen LogP contribution in [0.1, 0.15) is 225 Å². The minimum atomic E-state index is -3.90. The number of hydrogen-bond acceptors (Lipinski definition) is 6. The fourth-order valence-corrected chi connectivity index (χ4v) is 17.8. The summed E-state index contributed by atoms with van der Waals surface area (Å²) in [7, 11) is -0.817. The molecule has 0 bridgehead atoms. The van der Waals surface area contributed by atoms with E-state index in [2.05, 4.69) is 229 Å². The fourth-order valence-electron chi connectivity index (χ4n) is 10.4. The van der Waals surface area contributed by atoms with E-state index in [1.54, 1.807) is 28.4 Å². The van der Waals surface area contributed by atoms with Crippen LogP contribution in [0.5, 0.6) is 23.0 Å². The molecule has 2 unspecified atom stereocenters. The van der Waals surface area contributed by atoms with Crippen molar-refractivity contribution >= 4 is 35.5 Å². The molecule has 8 heteroatoms. The van der Waals surface area contributed by atoms with Crippen LogP contribution >= 0.6 is 14.3 Å². The monoisotopic (exact) mass is 1030 g/mol. The highest BCUT2D eigenvalue weighted by molar-refractivity contribution is 7.83. The average Bonchev–Trinajstić information content (AvgIpc) is 3.23. The van der Waals surface area contributed by atoms with Crippen molar-refractivity contribution in [3.05, 3.63) is 93.0 Å². The number of rotatable bonds is 11. The van der Waals surface area contributed by atoms with E-state index in [0.29, 0.717) is 0 Å². The molecular weight excluding hydrogens is 927 g/mol. The number of ether oxygens (including phenoxy) is 4. The van der Waals surface area contributed by atoms with Gasteiger partial charge in [-0.3, -0.25) is 0 Å². The van der Waals surface area contributed by atoms with E-state index in [1.807, 2.05) is 0 Å². The van der Waals surface area contributed by atoms with Gasteiger partial charge in [0.05, 0.1) is 28.4 Å². The summed E-state index contributed by atoms with van der Waals surface area (Å²) in [5.74, 6) is 3.23. The summed E-state index contributed by atoms with van der Waals surface area (Å²) in [6.45, 7) is 56.9. The van der Waals surface area contributed by atoms with Gasteiger partial charge in [-0.25, -0.2) is 0 Å². The van der Waals surface area contributed by atoms with Crippen molar-refractivity contribution in [2.75, 3.05) is 28.4 Å². The first-order chi connectivity index (χ1) is 32.2. The predicted molar refractivity (Wildman–Crippen MR) is 314 cm³/mol. The normalized spacial score (nSPS) is 14.8. The molecule has 0 saturated carbocycles. The van der Waals surface area contributed by atoms with Crippen LogP contribution in [-0.4, -0.2) is 39.8 Å². The van der Waals surface area contributed by atoms with Gasteiger partial charge in [0.25, 0.3) is 0 Å². The molecular formula is C64H100O6P2. The molecule has 4 rings (SSSR count). The zero-order valence-electron chi connectivity index (χ0n) is 51.1. The summed E-state index contributed by atoms with van der Waals surface area (Å²) < 4.78 is 61.9. The molecule has 402 valence electrons.